The van der Waals surface area contributed by atoms with Crippen LogP contribution in [-0.4, -0.2) is 33.9 Å². The van der Waals surface area contributed by atoms with Crippen LogP contribution in [0.3, 0.4) is 0 Å². The van der Waals surface area contributed by atoms with Crippen LogP contribution in [0.4, 0.5) is 0 Å². The fourth-order valence-corrected chi connectivity index (χ4v) is 2.14. The zero-order valence-corrected chi connectivity index (χ0v) is 9.74. The summed E-state index contributed by atoms with van der Waals surface area (Å²) in [6, 6.07) is 6.41. The first-order chi connectivity index (χ1) is 9.03. The summed E-state index contributed by atoms with van der Waals surface area (Å²) >= 11 is 0. The first-order valence-corrected chi connectivity index (χ1v) is 5.69. The Kier molecular flexibility index (Phi) is 2.33. The standard InChI is InChI=1S/C14H10O5/c15-12(16)9-3-1-8(2-4-9)10-5-6-14(13(17)18)11(7-10)19-14/h1-7,11H,(H,15,16)(H,17,18). The van der Waals surface area contributed by atoms with Gasteiger partial charge in [0.05, 0.1) is 5.56 Å². The van der Waals surface area contributed by atoms with E-state index in [9.17, 15) is 9.59 Å². The zero-order chi connectivity index (χ0) is 13.6. The molecule has 2 unspecified atom stereocenters. The molecule has 1 aromatic carbocycles. The van der Waals surface area contributed by atoms with E-state index in [1.807, 2.05) is 0 Å². The SMILES string of the molecule is O=C(O)c1ccc(C2=CC3OC3(C(=O)O)C=C2)cc1. The second-order valence-corrected chi connectivity index (χ2v) is 4.47. The summed E-state index contributed by atoms with van der Waals surface area (Å²) < 4.78 is 5.18. The normalized spacial score (nSPS) is 27.4. The summed E-state index contributed by atoms with van der Waals surface area (Å²) in [5, 5.41) is 17.8. The van der Waals surface area contributed by atoms with E-state index in [0.717, 1.165) is 11.1 Å². The number of rotatable bonds is 3. The third-order valence-electron chi connectivity index (χ3n) is 3.33. The van der Waals surface area contributed by atoms with Gasteiger partial charge in [0.1, 0.15) is 6.10 Å². The molecule has 1 aliphatic heterocycles. The number of carbonyl (C=O) groups is 2. The number of hydrogen-bond donors (Lipinski definition) is 2. The fraction of sp³-hybridized carbons (Fsp3) is 0.143. The van der Waals surface area contributed by atoms with Crippen LogP contribution in [0.25, 0.3) is 5.57 Å². The van der Waals surface area contributed by atoms with Crippen molar-refractivity contribution in [2.45, 2.75) is 11.7 Å². The number of carboxylic acid groups (broad SMARTS) is 2. The second kappa shape index (κ2) is 3.80. The van der Waals surface area contributed by atoms with Gasteiger partial charge in [-0.3, -0.25) is 0 Å². The minimum atomic E-state index is -1.19. The van der Waals surface area contributed by atoms with Crippen LogP contribution in [-0.2, 0) is 9.53 Å². The van der Waals surface area contributed by atoms with Crippen molar-refractivity contribution in [1.29, 1.82) is 0 Å². The number of epoxide rings is 1. The average molecular weight is 258 g/mol. The Labute approximate surface area is 108 Å². The number of ether oxygens (including phenoxy) is 1. The lowest BCUT2D eigenvalue weighted by molar-refractivity contribution is -0.141. The minimum absolute atomic E-state index is 0.215. The van der Waals surface area contributed by atoms with E-state index >= 15 is 0 Å². The smallest absolute Gasteiger partial charge is 0.343 e. The summed E-state index contributed by atoms with van der Waals surface area (Å²) in [5.41, 5.74) is 0.684. The van der Waals surface area contributed by atoms with Gasteiger partial charge >= 0.3 is 11.9 Å². The monoisotopic (exact) mass is 258 g/mol. The first-order valence-electron chi connectivity index (χ1n) is 5.69. The Morgan fingerprint density at radius 1 is 1.16 bits per heavy atom. The van der Waals surface area contributed by atoms with E-state index in [1.54, 1.807) is 24.3 Å². The molecule has 2 N–H and O–H groups in total. The first kappa shape index (κ1) is 11.7. The van der Waals surface area contributed by atoms with Gasteiger partial charge in [-0.05, 0) is 35.4 Å². The van der Waals surface area contributed by atoms with Crippen molar-refractivity contribution in [3.8, 4) is 0 Å². The Morgan fingerprint density at radius 2 is 1.84 bits per heavy atom. The number of hydrogen-bond acceptors (Lipinski definition) is 3. The second-order valence-electron chi connectivity index (χ2n) is 4.47. The highest BCUT2D eigenvalue weighted by Crippen LogP contribution is 2.44. The van der Waals surface area contributed by atoms with Crippen LogP contribution in [0, 0.1) is 0 Å². The van der Waals surface area contributed by atoms with E-state index in [-0.39, 0.29) is 5.56 Å². The van der Waals surface area contributed by atoms with Gasteiger partial charge in [0, 0.05) is 0 Å². The van der Waals surface area contributed by atoms with E-state index in [2.05, 4.69) is 0 Å². The molecule has 3 rings (SSSR count). The largest absolute Gasteiger partial charge is 0.479 e. The lowest BCUT2D eigenvalue weighted by atomic mass is 9.93. The number of aromatic carboxylic acids is 1. The summed E-state index contributed by atoms with van der Waals surface area (Å²) in [6.45, 7) is 0. The highest BCUT2D eigenvalue weighted by atomic mass is 16.6. The molecule has 96 valence electrons. The molecule has 1 aromatic rings. The summed E-state index contributed by atoms with van der Waals surface area (Å²) in [6.07, 6.45) is 4.52. The molecular weight excluding hydrogens is 248 g/mol. The Hall–Kier alpha value is -2.40. The van der Waals surface area contributed by atoms with Gasteiger partial charge < -0.3 is 14.9 Å². The third kappa shape index (κ3) is 1.75. The third-order valence-corrected chi connectivity index (χ3v) is 3.33. The summed E-state index contributed by atoms with van der Waals surface area (Å²) in [7, 11) is 0. The Morgan fingerprint density at radius 3 is 2.37 bits per heavy atom. The molecule has 0 spiro atoms. The average Bonchev–Trinajstić information content (AvgIpc) is 3.13. The predicted molar refractivity (Wildman–Crippen MR) is 65.8 cm³/mol. The highest BCUT2D eigenvalue weighted by Gasteiger charge is 2.61. The molecule has 1 heterocycles. The molecule has 2 atom stereocenters. The molecule has 0 bridgehead atoms. The maximum absolute atomic E-state index is 11.0. The molecule has 0 saturated carbocycles. The number of benzene rings is 1. The van der Waals surface area contributed by atoms with Crippen LogP contribution < -0.4 is 0 Å². The van der Waals surface area contributed by atoms with Gasteiger partial charge in [-0.2, -0.15) is 0 Å². The number of carboxylic acids is 2. The maximum atomic E-state index is 11.0. The van der Waals surface area contributed by atoms with Gasteiger partial charge in [0.25, 0.3) is 0 Å². The van der Waals surface area contributed by atoms with Crippen molar-refractivity contribution < 1.29 is 24.5 Å². The van der Waals surface area contributed by atoms with Crippen molar-refractivity contribution in [1.82, 2.24) is 0 Å². The molecule has 0 radical (unpaired) electrons. The number of fused-ring (bicyclic) bond motifs is 1. The van der Waals surface area contributed by atoms with E-state index in [0.29, 0.717) is 0 Å². The molecule has 2 aliphatic rings. The molecule has 1 saturated heterocycles. The van der Waals surface area contributed by atoms with Gasteiger partial charge in [-0.1, -0.05) is 18.2 Å². The fourth-order valence-electron chi connectivity index (χ4n) is 2.14. The summed E-state index contributed by atoms with van der Waals surface area (Å²) in [5.74, 6) is -1.97. The van der Waals surface area contributed by atoms with Crippen LogP contribution in [0.2, 0.25) is 0 Å². The van der Waals surface area contributed by atoms with Crippen LogP contribution in [0.1, 0.15) is 15.9 Å². The number of allylic oxidation sites excluding steroid dienone is 2. The van der Waals surface area contributed by atoms with Gasteiger partial charge in [0.2, 0.25) is 5.60 Å². The molecule has 5 heteroatoms. The Bertz CT molecular complexity index is 626. The molecule has 0 amide bonds. The molecule has 19 heavy (non-hydrogen) atoms. The van der Waals surface area contributed by atoms with Crippen molar-refractivity contribution in [3.05, 3.63) is 53.6 Å². The van der Waals surface area contributed by atoms with E-state index in [4.69, 9.17) is 14.9 Å². The molecular formula is C14H10O5. The minimum Gasteiger partial charge on any atom is -0.479 e. The van der Waals surface area contributed by atoms with Crippen LogP contribution in [0.5, 0.6) is 0 Å². The summed E-state index contributed by atoms with van der Waals surface area (Å²) in [4.78, 5) is 21.8. The van der Waals surface area contributed by atoms with Crippen molar-refractivity contribution in [2.24, 2.45) is 0 Å². The topological polar surface area (TPSA) is 87.1 Å². The van der Waals surface area contributed by atoms with Gasteiger partial charge in [-0.15, -0.1) is 0 Å². The number of aliphatic carboxylic acids is 1. The van der Waals surface area contributed by atoms with Gasteiger partial charge in [0.15, 0.2) is 0 Å². The Balaban J connectivity index is 1.86. The predicted octanol–water partition coefficient (Wildman–Crippen LogP) is 1.56. The van der Waals surface area contributed by atoms with Crippen LogP contribution >= 0.6 is 0 Å². The molecule has 5 nitrogen and oxygen atoms in total. The zero-order valence-electron chi connectivity index (χ0n) is 9.74. The lowest BCUT2D eigenvalue weighted by Gasteiger charge is -2.09. The maximum Gasteiger partial charge on any atom is 0.343 e. The lowest BCUT2D eigenvalue weighted by Crippen LogP contribution is -2.25. The highest BCUT2D eigenvalue weighted by molar-refractivity contribution is 5.91. The molecule has 1 aliphatic carbocycles. The van der Waals surface area contributed by atoms with Crippen molar-refractivity contribution in [2.75, 3.05) is 0 Å². The van der Waals surface area contributed by atoms with Crippen molar-refractivity contribution >= 4 is 17.5 Å². The molecule has 1 fully saturated rings. The van der Waals surface area contributed by atoms with Crippen molar-refractivity contribution in [3.63, 3.8) is 0 Å². The van der Waals surface area contributed by atoms with E-state index < -0.39 is 23.6 Å². The van der Waals surface area contributed by atoms with Gasteiger partial charge in [-0.25, -0.2) is 9.59 Å². The quantitative estimate of drug-likeness (QED) is 0.803. The molecule has 0 aromatic heterocycles. The van der Waals surface area contributed by atoms with Crippen LogP contribution in [0.15, 0.2) is 42.5 Å². The van der Waals surface area contributed by atoms with E-state index in [1.165, 1.54) is 18.2 Å².